The first-order chi connectivity index (χ1) is 19.1. The number of rotatable bonds is 7. The van der Waals surface area contributed by atoms with E-state index < -0.39 is 0 Å². The number of H-pyrrole nitrogens is 1. The fourth-order valence-electron chi connectivity index (χ4n) is 5.18. The van der Waals surface area contributed by atoms with Crippen molar-refractivity contribution < 1.29 is 14.4 Å². The number of nitrogens with one attached hydrogen (secondary N) is 1. The van der Waals surface area contributed by atoms with Gasteiger partial charge in [-0.05, 0) is 71.8 Å². The van der Waals surface area contributed by atoms with Crippen molar-refractivity contribution in [1.29, 1.82) is 0 Å². The lowest BCUT2D eigenvalue weighted by atomic mass is 9.93. The lowest BCUT2D eigenvalue weighted by Crippen LogP contribution is -2.19. The summed E-state index contributed by atoms with van der Waals surface area (Å²) in [7, 11) is 3.29. The van der Waals surface area contributed by atoms with Gasteiger partial charge in [0.2, 0.25) is 0 Å². The Labute approximate surface area is 225 Å². The number of hydrogen-bond donors (Lipinski definition) is 1. The van der Waals surface area contributed by atoms with Crippen LogP contribution in [0.3, 0.4) is 0 Å². The van der Waals surface area contributed by atoms with Crippen molar-refractivity contribution in [3.63, 3.8) is 0 Å². The molecule has 0 spiro atoms. The number of para-hydroxylation sites is 1. The summed E-state index contributed by atoms with van der Waals surface area (Å²) in [6.45, 7) is 0. The summed E-state index contributed by atoms with van der Waals surface area (Å²) in [5.41, 5.74) is 6.62. The summed E-state index contributed by atoms with van der Waals surface area (Å²) in [6.07, 6.45) is 0.611. The third-order valence-corrected chi connectivity index (χ3v) is 7.10. The molecule has 1 aliphatic rings. The second-order valence-corrected chi connectivity index (χ2v) is 9.30. The molecule has 5 aromatic rings. The van der Waals surface area contributed by atoms with Crippen LogP contribution in [0.2, 0.25) is 0 Å². The quantitative estimate of drug-likeness (QED) is 0.183. The molecule has 1 N–H and O–H groups in total. The number of hydrazone groups is 1. The van der Waals surface area contributed by atoms with Crippen molar-refractivity contribution in [3.8, 4) is 22.8 Å². The van der Waals surface area contributed by atoms with Crippen molar-refractivity contribution >= 4 is 28.0 Å². The number of nitro groups is 1. The lowest BCUT2D eigenvalue weighted by molar-refractivity contribution is -0.384. The maximum Gasteiger partial charge on any atom is 0.271 e. The predicted molar refractivity (Wildman–Crippen MR) is 153 cm³/mol. The zero-order valence-corrected chi connectivity index (χ0v) is 21.5. The Hall–Kier alpha value is -5.11. The Morgan fingerprint density at radius 1 is 0.872 bits per heavy atom. The van der Waals surface area contributed by atoms with E-state index in [-0.39, 0.29) is 16.7 Å². The number of non-ortho nitro benzene ring substituents is 1. The number of anilines is 1. The number of hydrogen-bond acceptors (Lipinski definition) is 6. The number of fused-ring (bicyclic) bond motifs is 1. The van der Waals surface area contributed by atoms with Crippen LogP contribution in [0.1, 0.15) is 23.6 Å². The van der Waals surface area contributed by atoms with Crippen LogP contribution in [0, 0.1) is 10.1 Å². The van der Waals surface area contributed by atoms with Crippen molar-refractivity contribution in [3.05, 3.63) is 118 Å². The van der Waals surface area contributed by atoms with Gasteiger partial charge in [-0.15, -0.1) is 0 Å². The Balaban J connectivity index is 1.53. The highest BCUT2D eigenvalue weighted by atomic mass is 16.6. The SMILES string of the molecule is COc1ccc(C2=NN(c3cccc([N+](=O)[O-])c3)[C@@H](c3c(-c4ccc(OC)cc4)[nH]c4ccccc34)C2)cc1. The molecule has 0 fully saturated rings. The molecule has 1 aromatic heterocycles. The topological polar surface area (TPSA) is 93.0 Å². The Bertz CT molecular complexity index is 1690. The van der Waals surface area contributed by atoms with Crippen molar-refractivity contribution in [2.24, 2.45) is 5.10 Å². The van der Waals surface area contributed by atoms with E-state index in [1.54, 1.807) is 26.4 Å². The van der Waals surface area contributed by atoms with Crippen molar-refractivity contribution in [2.75, 3.05) is 19.2 Å². The van der Waals surface area contributed by atoms with E-state index >= 15 is 0 Å². The molecule has 6 rings (SSSR count). The minimum absolute atomic E-state index is 0.0219. The summed E-state index contributed by atoms with van der Waals surface area (Å²) in [5, 5.41) is 19.6. The Kier molecular flexibility index (Phi) is 6.20. The van der Waals surface area contributed by atoms with E-state index in [2.05, 4.69) is 17.1 Å². The van der Waals surface area contributed by atoms with Crippen molar-refractivity contribution in [1.82, 2.24) is 4.98 Å². The predicted octanol–water partition coefficient (Wildman–Crippen LogP) is 7.12. The van der Waals surface area contributed by atoms with Gasteiger partial charge in [0, 0.05) is 35.0 Å². The normalized spacial score (nSPS) is 14.9. The van der Waals surface area contributed by atoms with E-state index in [1.807, 2.05) is 71.7 Å². The zero-order valence-electron chi connectivity index (χ0n) is 21.5. The van der Waals surface area contributed by atoms with Gasteiger partial charge in [-0.3, -0.25) is 15.1 Å². The van der Waals surface area contributed by atoms with Gasteiger partial charge in [-0.2, -0.15) is 5.10 Å². The highest BCUT2D eigenvalue weighted by Crippen LogP contribution is 2.44. The van der Waals surface area contributed by atoms with Crippen LogP contribution in [-0.4, -0.2) is 29.8 Å². The van der Waals surface area contributed by atoms with Crippen molar-refractivity contribution in [2.45, 2.75) is 12.5 Å². The molecular formula is C31H26N4O4. The van der Waals surface area contributed by atoms with Crippen LogP contribution in [-0.2, 0) is 0 Å². The molecule has 2 heterocycles. The number of aromatic nitrogens is 1. The fraction of sp³-hybridized carbons (Fsp3) is 0.129. The maximum absolute atomic E-state index is 11.6. The number of methoxy groups -OCH3 is 2. The van der Waals surface area contributed by atoms with Gasteiger partial charge in [-0.1, -0.05) is 24.3 Å². The van der Waals surface area contributed by atoms with Gasteiger partial charge < -0.3 is 14.5 Å². The van der Waals surface area contributed by atoms with Gasteiger partial charge in [0.15, 0.2) is 0 Å². The molecule has 0 bridgehead atoms. The first-order valence-corrected chi connectivity index (χ1v) is 12.6. The van der Waals surface area contributed by atoms with Gasteiger partial charge in [-0.25, -0.2) is 0 Å². The van der Waals surface area contributed by atoms with E-state index in [0.29, 0.717) is 12.1 Å². The summed E-state index contributed by atoms with van der Waals surface area (Å²) in [6, 6.07) is 30.4. The van der Waals surface area contributed by atoms with Crippen LogP contribution in [0.5, 0.6) is 11.5 Å². The van der Waals surface area contributed by atoms with Crippen LogP contribution >= 0.6 is 0 Å². The van der Waals surface area contributed by atoms with E-state index in [9.17, 15) is 10.1 Å². The van der Waals surface area contributed by atoms with Crippen LogP contribution in [0.4, 0.5) is 11.4 Å². The maximum atomic E-state index is 11.6. The molecule has 4 aromatic carbocycles. The molecule has 8 heteroatoms. The van der Waals surface area contributed by atoms with Crippen LogP contribution in [0.15, 0.2) is 102 Å². The lowest BCUT2D eigenvalue weighted by Gasteiger charge is -2.25. The molecule has 1 aliphatic heterocycles. The Morgan fingerprint density at radius 3 is 2.21 bits per heavy atom. The molecular weight excluding hydrogens is 492 g/mol. The second-order valence-electron chi connectivity index (χ2n) is 9.30. The number of nitrogens with zero attached hydrogens (tertiary/aromatic N) is 3. The average molecular weight is 519 g/mol. The first-order valence-electron chi connectivity index (χ1n) is 12.6. The Morgan fingerprint density at radius 2 is 1.54 bits per heavy atom. The summed E-state index contributed by atoms with van der Waals surface area (Å²) in [4.78, 5) is 14.9. The van der Waals surface area contributed by atoms with Crippen LogP contribution < -0.4 is 14.5 Å². The average Bonchev–Trinajstić information content (AvgIpc) is 3.59. The van der Waals surface area contributed by atoms with Gasteiger partial charge in [0.1, 0.15) is 11.5 Å². The molecule has 0 saturated carbocycles. The smallest absolute Gasteiger partial charge is 0.271 e. The van der Waals surface area contributed by atoms with E-state index in [4.69, 9.17) is 14.6 Å². The molecule has 0 unspecified atom stereocenters. The van der Waals surface area contributed by atoms with Crippen LogP contribution in [0.25, 0.3) is 22.2 Å². The third-order valence-electron chi connectivity index (χ3n) is 7.10. The molecule has 0 amide bonds. The first kappa shape index (κ1) is 24.2. The number of aromatic amines is 1. The summed E-state index contributed by atoms with van der Waals surface area (Å²) >= 11 is 0. The molecule has 1 atom stereocenters. The molecule has 0 saturated heterocycles. The highest BCUT2D eigenvalue weighted by Gasteiger charge is 2.34. The van der Waals surface area contributed by atoms with Gasteiger partial charge in [0.05, 0.1) is 42.3 Å². The largest absolute Gasteiger partial charge is 0.497 e. The van der Waals surface area contributed by atoms with Gasteiger partial charge >= 0.3 is 0 Å². The molecule has 39 heavy (non-hydrogen) atoms. The minimum atomic E-state index is -0.378. The number of ether oxygens (including phenoxy) is 2. The fourth-order valence-corrected chi connectivity index (χ4v) is 5.18. The molecule has 8 nitrogen and oxygen atoms in total. The van der Waals surface area contributed by atoms with E-state index in [1.165, 1.54) is 6.07 Å². The zero-order chi connectivity index (χ0) is 26.9. The number of nitro benzene ring substituents is 1. The minimum Gasteiger partial charge on any atom is -0.497 e. The monoisotopic (exact) mass is 518 g/mol. The van der Waals surface area contributed by atoms with Gasteiger partial charge in [0.25, 0.3) is 5.69 Å². The molecule has 0 radical (unpaired) electrons. The molecule has 0 aliphatic carbocycles. The molecule has 194 valence electrons. The third kappa shape index (κ3) is 4.46. The second kappa shape index (κ2) is 9.98. The standard InChI is InChI=1S/C31H26N4O4/c1-38-24-14-10-20(11-15-24)28-19-29(34(33-28)22-6-5-7-23(18-22)35(36)37)30-26-8-3-4-9-27(26)32-31(30)21-12-16-25(39-2)17-13-21/h3-18,29,32H,19H2,1-2H3/t29-/m1/s1. The van der Waals surface area contributed by atoms with E-state index in [0.717, 1.165) is 50.5 Å². The summed E-state index contributed by atoms with van der Waals surface area (Å²) < 4.78 is 10.7. The summed E-state index contributed by atoms with van der Waals surface area (Å²) in [5.74, 6) is 1.54. The highest BCUT2D eigenvalue weighted by molar-refractivity contribution is 6.04. The number of benzene rings is 4.